The van der Waals surface area contributed by atoms with E-state index in [0.29, 0.717) is 0 Å². The molecule has 0 bridgehead atoms. The molecule has 82 valence electrons. The van der Waals surface area contributed by atoms with E-state index in [4.69, 9.17) is 0 Å². The molecule has 1 aliphatic rings. The molecule has 0 atom stereocenters. The van der Waals surface area contributed by atoms with Crippen LogP contribution in [-0.4, -0.2) is 12.3 Å². The van der Waals surface area contributed by atoms with E-state index in [2.05, 4.69) is 25.8 Å². The zero-order valence-electron chi connectivity index (χ0n) is 10.8. The van der Waals surface area contributed by atoms with Crippen molar-refractivity contribution in [2.45, 2.75) is 67.7 Å². The maximum atomic E-state index is 4.15. The number of hydrogen-bond donors (Lipinski definition) is 0. The third-order valence-corrected chi connectivity index (χ3v) is 1.08. The van der Waals surface area contributed by atoms with Crippen LogP contribution in [0.15, 0.2) is 4.99 Å². The van der Waals surface area contributed by atoms with Crippen molar-refractivity contribution < 1.29 is 0 Å². The molecule has 0 aromatic heterocycles. The first-order chi connectivity index (χ1) is 6.31. The summed E-state index contributed by atoms with van der Waals surface area (Å²) < 4.78 is 0. The van der Waals surface area contributed by atoms with Crippen molar-refractivity contribution >= 4 is 5.71 Å². The second kappa shape index (κ2) is 22.6. The predicted molar refractivity (Wildman–Crippen MR) is 65.9 cm³/mol. The summed E-state index contributed by atoms with van der Waals surface area (Å²) >= 11 is 0. The van der Waals surface area contributed by atoms with Gasteiger partial charge in [0, 0.05) is 12.3 Å². The van der Waals surface area contributed by atoms with E-state index < -0.39 is 0 Å². The quantitative estimate of drug-likeness (QED) is 0.521. The van der Waals surface area contributed by atoms with Crippen LogP contribution >= 0.6 is 0 Å². The standard InChI is InChI=1S/C5H9N.C3H8.2C2H6/c1-5-3-2-4-6-5;1-3-2;2*1-2/h2-4H2,1H3;3H2,1-2H3;2*1-2H3. The molecule has 1 aliphatic heterocycles. The lowest BCUT2D eigenvalue weighted by Gasteiger charge is -1.76. The molecule has 0 spiro atoms. The largest absolute Gasteiger partial charge is 0.294 e. The zero-order valence-corrected chi connectivity index (χ0v) is 10.8. The highest BCUT2D eigenvalue weighted by Gasteiger charge is 1.96. The normalized spacial score (nSPS) is 12.1. The summed E-state index contributed by atoms with van der Waals surface area (Å²) in [5.41, 5.74) is 1.33. The summed E-state index contributed by atoms with van der Waals surface area (Å²) in [7, 11) is 0. The molecule has 0 saturated carbocycles. The smallest absolute Gasteiger partial charge is 0.0392 e. The van der Waals surface area contributed by atoms with Gasteiger partial charge >= 0.3 is 0 Å². The van der Waals surface area contributed by atoms with E-state index in [-0.39, 0.29) is 0 Å². The average molecular weight is 187 g/mol. The van der Waals surface area contributed by atoms with Gasteiger partial charge < -0.3 is 0 Å². The molecular weight excluding hydrogens is 158 g/mol. The molecule has 13 heavy (non-hydrogen) atoms. The Bertz CT molecular complexity index is 85.1. The van der Waals surface area contributed by atoms with Crippen LogP contribution in [0.3, 0.4) is 0 Å². The van der Waals surface area contributed by atoms with Crippen molar-refractivity contribution in [3.8, 4) is 0 Å². The first-order valence-corrected chi connectivity index (χ1v) is 5.81. The summed E-state index contributed by atoms with van der Waals surface area (Å²) in [6.07, 6.45) is 3.77. The number of rotatable bonds is 0. The van der Waals surface area contributed by atoms with Crippen molar-refractivity contribution in [1.82, 2.24) is 0 Å². The molecule has 0 N–H and O–H groups in total. The Balaban J connectivity index is -0.000000124. The Morgan fingerprint density at radius 3 is 1.54 bits per heavy atom. The van der Waals surface area contributed by atoms with Crippen molar-refractivity contribution in [3.05, 3.63) is 0 Å². The van der Waals surface area contributed by atoms with Gasteiger partial charge in [0.05, 0.1) is 0 Å². The van der Waals surface area contributed by atoms with Gasteiger partial charge in [0.1, 0.15) is 0 Å². The van der Waals surface area contributed by atoms with Crippen molar-refractivity contribution in [2.75, 3.05) is 6.54 Å². The molecular formula is C12H29N. The van der Waals surface area contributed by atoms with Crippen LogP contribution in [0.5, 0.6) is 0 Å². The number of hydrogen-bond acceptors (Lipinski definition) is 1. The minimum absolute atomic E-state index is 1.08. The summed E-state index contributed by atoms with van der Waals surface area (Å²) in [5, 5.41) is 0. The Hall–Kier alpha value is -0.330. The van der Waals surface area contributed by atoms with Gasteiger partial charge in [0.15, 0.2) is 0 Å². The van der Waals surface area contributed by atoms with E-state index in [0.717, 1.165) is 6.54 Å². The molecule has 1 nitrogen and oxygen atoms in total. The van der Waals surface area contributed by atoms with Crippen LogP contribution in [0.2, 0.25) is 0 Å². The second-order valence-corrected chi connectivity index (χ2v) is 2.43. The SMILES string of the molecule is CC.CC.CC1=NCCC1.CCC. The van der Waals surface area contributed by atoms with Crippen LogP contribution in [-0.2, 0) is 0 Å². The van der Waals surface area contributed by atoms with Gasteiger partial charge in [0.25, 0.3) is 0 Å². The number of aliphatic imine (C=N–C) groups is 1. The van der Waals surface area contributed by atoms with Gasteiger partial charge in [-0.05, 0) is 19.8 Å². The summed E-state index contributed by atoms with van der Waals surface area (Å²) in [5.74, 6) is 0. The third-order valence-electron chi connectivity index (χ3n) is 1.08. The van der Waals surface area contributed by atoms with Gasteiger partial charge in [-0.2, -0.15) is 0 Å². The molecule has 0 fully saturated rings. The highest BCUT2D eigenvalue weighted by atomic mass is 14.7. The molecule has 0 saturated heterocycles. The fourth-order valence-electron chi connectivity index (χ4n) is 0.684. The van der Waals surface area contributed by atoms with Gasteiger partial charge in [0.2, 0.25) is 0 Å². The van der Waals surface area contributed by atoms with Crippen LogP contribution in [0, 0.1) is 0 Å². The van der Waals surface area contributed by atoms with Crippen LogP contribution in [0.4, 0.5) is 0 Å². The maximum Gasteiger partial charge on any atom is 0.0392 e. The van der Waals surface area contributed by atoms with E-state index in [9.17, 15) is 0 Å². The summed E-state index contributed by atoms with van der Waals surface area (Å²) in [6, 6.07) is 0. The molecule has 0 amide bonds. The Morgan fingerprint density at radius 1 is 1.08 bits per heavy atom. The Labute approximate surface area is 85.7 Å². The van der Waals surface area contributed by atoms with Crippen molar-refractivity contribution in [1.29, 1.82) is 0 Å². The van der Waals surface area contributed by atoms with E-state index >= 15 is 0 Å². The van der Waals surface area contributed by atoms with E-state index in [1.807, 2.05) is 27.7 Å². The minimum Gasteiger partial charge on any atom is -0.294 e. The topological polar surface area (TPSA) is 12.4 Å². The second-order valence-electron chi connectivity index (χ2n) is 2.43. The predicted octanol–water partition coefficient (Wildman–Crippen LogP) is 4.71. The fourth-order valence-corrected chi connectivity index (χ4v) is 0.684. The highest BCUT2D eigenvalue weighted by molar-refractivity contribution is 5.83. The Kier molecular flexibility index (Phi) is 32.1. The highest BCUT2D eigenvalue weighted by Crippen LogP contribution is 2.00. The number of nitrogens with zero attached hydrogens (tertiary/aromatic N) is 1. The summed E-state index contributed by atoms with van der Waals surface area (Å²) in [6.45, 7) is 15.4. The third kappa shape index (κ3) is 24.5. The maximum absolute atomic E-state index is 4.15. The van der Waals surface area contributed by atoms with Gasteiger partial charge in [-0.25, -0.2) is 0 Å². The first kappa shape index (κ1) is 18.5. The van der Waals surface area contributed by atoms with Crippen molar-refractivity contribution in [2.24, 2.45) is 4.99 Å². The van der Waals surface area contributed by atoms with Gasteiger partial charge in [-0.3, -0.25) is 4.99 Å². The fraction of sp³-hybridized carbons (Fsp3) is 0.917. The van der Waals surface area contributed by atoms with Gasteiger partial charge in [-0.1, -0.05) is 48.0 Å². The van der Waals surface area contributed by atoms with Crippen LogP contribution < -0.4 is 0 Å². The molecule has 0 aromatic carbocycles. The van der Waals surface area contributed by atoms with Crippen molar-refractivity contribution in [3.63, 3.8) is 0 Å². The van der Waals surface area contributed by atoms with Crippen LogP contribution in [0.1, 0.15) is 67.7 Å². The lowest BCUT2D eigenvalue weighted by Crippen LogP contribution is -1.77. The molecule has 1 rings (SSSR count). The average Bonchev–Trinajstić information content (AvgIpc) is 2.64. The molecule has 0 aliphatic carbocycles. The molecule has 0 radical (unpaired) electrons. The molecule has 1 heteroatoms. The minimum atomic E-state index is 1.08. The Morgan fingerprint density at radius 2 is 1.46 bits per heavy atom. The lowest BCUT2D eigenvalue weighted by atomic mass is 10.3. The first-order valence-electron chi connectivity index (χ1n) is 5.81. The zero-order chi connectivity index (χ0) is 11.1. The molecule has 1 heterocycles. The molecule has 0 aromatic rings. The van der Waals surface area contributed by atoms with E-state index in [1.165, 1.54) is 25.0 Å². The van der Waals surface area contributed by atoms with Crippen LogP contribution in [0.25, 0.3) is 0 Å². The molecule has 0 unspecified atom stereocenters. The summed E-state index contributed by atoms with van der Waals surface area (Å²) in [4.78, 5) is 4.15. The van der Waals surface area contributed by atoms with E-state index in [1.54, 1.807) is 0 Å². The monoisotopic (exact) mass is 187 g/mol. The van der Waals surface area contributed by atoms with Gasteiger partial charge in [-0.15, -0.1) is 0 Å². The lowest BCUT2D eigenvalue weighted by molar-refractivity contribution is 0.951.